The Balaban J connectivity index is 2.64. The van der Waals surface area contributed by atoms with Crippen LogP contribution in [0, 0.1) is 5.82 Å². The zero-order valence-electron chi connectivity index (χ0n) is 9.45. The summed E-state index contributed by atoms with van der Waals surface area (Å²) in [6.45, 7) is 2.55. The van der Waals surface area contributed by atoms with Crippen molar-refractivity contribution in [3.05, 3.63) is 35.7 Å². The third-order valence-corrected chi connectivity index (χ3v) is 2.13. The Labute approximate surface area is 95.4 Å². The van der Waals surface area contributed by atoms with Crippen LogP contribution >= 0.6 is 0 Å². The van der Waals surface area contributed by atoms with Crippen molar-refractivity contribution in [3.8, 4) is 5.75 Å². The van der Waals surface area contributed by atoms with Gasteiger partial charge in [0.2, 0.25) is 0 Å². The number of unbranched alkanes of at least 4 members (excludes halogenated alkanes) is 1. The molecule has 0 saturated carbocycles. The van der Waals surface area contributed by atoms with Gasteiger partial charge in [-0.05, 0) is 24.1 Å². The van der Waals surface area contributed by atoms with Gasteiger partial charge in [-0.3, -0.25) is 0 Å². The lowest BCUT2D eigenvalue weighted by Crippen LogP contribution is -1.98. The maximum atomic E-state index is 13.5. The quantitative estimate of drug-likeness (QED) is 0.753. The first-order valence-corrected chi connectivity index (χ1v) is 5.47. The Kier molecular flexibility index (Phi) is 5.57. The van der Waals surface area contributed by atoms with Crippen molar-refractivity contribution in [2.75, 3.05) is 13.2 Å². The summed E-state index contributed by atoms with van der Waals surface area (Å²) in [5.41, 5.74) is 0.717. The number of aliphatic hydroxyl groups is 1. The van der Waals surface area contributed by atoms with Crippen LogP contribution in [0.25, 0.3) is 6.08 Å². The topological polar surface area (TPSA) is 29.5 Å². The molecule has 0 spiro atoms. The molecule has 0 bridgehead atoms. The molecular formula is C13H17FO2. The van der Waals surface area contributed by atoms with Crippen LogP contribution in [0.4, 0.5) is 4.39 Å². The van der Waals surface area contributed by atoms with Gasteiger partial charge in [-0.1, -0.05) is 31.6 Å². The van der Waals surface area contributed by atoms with E-state index in [4.69, 9.17) is 9.84 Å². The Morgan fingerprint density at radius 3 is 2.88 bits per heavy atom. The van der Waals surface area contributed by atoms with E-state index in [1.807, 2.05) is 0 Å². The molecule has 0 aliphatic rings. The first kappa shape index (κ1) is 12.7. The van der Waals surface area contributed by atoms with E-state index >= 15 is 0 Å². The number of hydrogen-bond acceptors (Lipinski definition) is 2. The fraction of sp³-hybridized carbons (Fsp3) is 0.385. The van der Waals surface area contributed by atoms with E-state index in [1.54, 1.807) is 24.3 Å². The molecule has 0 heterocycles. The third kappa shape index (κ3) is 4.03. The molecule has 0 radical (unpaired) electrons. The summed E-state index contributed by atoms with van der Waals surface area (Å²) in [4.78, 5) is 0. The van der Waals surface area contributed by atoms with Crippen molar-refractivity contribution >= 4 is 6.08 Å². The lowest BCUT2D eigenvalue weighted by Gasteiger charge is -2.06. The second-order valence-corrected chi connectivity index (χ2v) is 3.48. The van der Waals surface area contributed by atoms with E-state index < -0.39 is 0 Å². The molecule has 0 amide bonds. The van der Waals surface area contributed by atoms with Crippen LogP contribution in [0.2, 0.25) is 0 Å². The molecule has 1 N–H and O–H groups in total. The summed E-state index contributed by atoms with van der Waals surface area (Å²) >= 11 is 0. The van der Waals surface area contributed by atoms with Crippen LogP contribution in [-0.2, 0) is 0 Å². The van der Waals surface area contributed by atoms with E-state index in [1.165, 1.54) is 6.07 Å². The highest BCUT2D eigenvalue weighted by Crippen LogP contribution is 2.19. The average Bonchev–Trinajstić information content (AvgIpc) is 2.29. The van der Waals surface area contributed by atoms with E-state index in [2.05, 4.69) is 6.92 Å². The summed E-state index contributed by atoms with van der Waals surface area (Å²) in [6.07, 6.45) is 5.18. The van der Waals surface area contributed by atoms with E-state index in [0.717, 1.165) is 18.4 Å². The first-order valence-electron chi connectivity index (χ1n) is 5.47. The highest BCUT2D eigenvalue weighted by atomic mass is 19.1. The van der Waals surface area contributed by atoms with Gasteiger partial charge in [-0.2, -0.15) is 0 Å². The van der Waals surface area contributed by atoms with Crippen LogP contribution in [0.15, 0.2) is 24.3 Å². The molecule has 3 heteroatoms. The van der Waals surface area contributed by atoms with Crippen molar-refractivity contribution in [2.45, 2.75) is 19.8 Å². The Bertz CT molecular complexity index is 348. The minimum Gasteiger partial charge on any atom is -0.491 e. The van der Waals surface area contributed by atoms with Crippen molar-refractivity contribution in [2.24, 2.45) is 0 Å². The minimum atomic E-state index is -0.365. The number of aliphatic hydroxyl groups excluding tert-OH is 1. The molecule has 2 nitrogen and oxygen atoms in total. The molecule has 0 fully saturated rings. The standard InChI is InChI=1S/C13H17FO2/c1-2-3-9-16-13-7-6-11(5-4-8-15)10-12(13)14/h4-7,10,15H,2-3,8-9H2,1H3. The molecule has 0 aromatic heterocycles. The zero-order chi connectivity index (χ0) is 11.8. The summed E-state index contributed by atoms with van der Waals surface area (Å²) in [5.74, 6) is -0.0780. The molecule has 0 aliphatic carbocycles. The highest BCUT2D eigenvalue weighted by Gasteiger charge is 2.02. The maximum absolute atomic E-state index is 13.5. The van der Waals surface area contributed by atoms with Crippen LogP contribution in [-0.4, -0.2) is 18.3 Å². The smallest absolute Gasteiger partial charge is 0.165 e. The van der Waals surface area contributed by atoms with Gasteiger partial charge in [-0.25, -0.2) is 4.39 Å². The van der Waals surface area contributed by atoms with Gasteiger partial charge in [-0.15, -0.1) is 0 Å². The number of halogens is 1. The highest BCUT2D eigenvalue weighted by molar-refractivity contribution is 5.51. The molecule has 0 aliphatic heterocycles. The van der Waals surface area contributed by atoms with E-state index in [9.17, 15) is 4.39 Å². The van der Waals surface area contributed by atoms with E-state index in [0.29, 0.717) is 6.61 Å². The second-order valence-electron chi connectivity index (χ2n) is 3.48. The molecule has 88 valence electrons. The number of hydrogen-bond donors (Lipinski definition) is 1. The molecular weight excluding hydrogens is 207 g/mol. The van der Waals surface area contributed by atoms with Crippen LogP contribution in [0.1, 0.15) is 25.3 Å². The van der Waals surface area contributed by atoms with Gasteiger partial charge < -0.3 is 9.84 Å². The fourth-order valence-electron chi connectivity index (χ4n) is 1.25. The molecule has 0 atom stereocenters. The lowest BCUT2D eigenvalue weighted by molar-refractivity contribution is 0.294. The molecule has 0 unspecified atom stereocenters. The third-order valence-electron chi connectivity index (χ3n) is 2.13. The van der Waals surface area contributed by atoms with Crippen molar-refractivity contribution in [1.82, 2.24) is 0 Å². The summed E-state index contributed by atoms with van der Waals surface area (Å²) in [6, 6.07) is 4.77. The van der Waals surface area contributed by atoms with E-state index in [-0.39, 0.29) is 18.2 Å². The lowest BCUT2D eigenvalue weighted by atomic mass is 10.2. The van der Waals surface area contributed by atoms with Gasteiger partial charge in [0.1, 0.15) is 0 Å². The first-order chi connectivity index (χ1) is 7.77. The van der Waals surface area contributed by atoms with Crippen molar-refractivity contribution in [1.29, 1.82) is 0 Å². The van der Waals surface area contributed by atoms with Gasteiger partial charge in [0.15, 0.2) is 11.6 Å². The normalized spacial score (nSPS) is 10.9. The van der Waals surface area contributed by atoms with Crippen molar-refractivity contribution in [3.63, 3.8) is 0 Å². The molecule has 16 heavy (non-hydrogen) atoms. The van der Waals surface area contributed by atoms with Crippen molar-refractivity contribution < 1.29 is 14.2 Å². The maximum Gasteiger partial charge on any atom is 0.165 e. The molecule has 1 aromatic rings. The largest absolute Gasteiger partial charge is 0.491 e. The zero-order valence-corrected chi connectivity index (χ0v) is 9.45. The van der Waals surface area contributed by atoms with Crippen LogP contribution in [0.3, 0.4) is 0 Å². The predicted octanol–water partition coefficient (Wildman–Crippen LogP) is 3.01. The molecule has 0 saturated heterocycles. The summed E-state index contributed by atoms with van der Waals surface area (Å²) in [5, 5.41) is 8.59. The monoisotopic (exact) mass is 224 g/mol. The van der Waals surface area contributed by atoms with Gasteiger partial charge in [0.25, 0.3) is 0 Å². The van der Waals surface area contributed by atoms with Gasteiger partial charge in [0.05, 0.1) is 13.2 Å². The number of ether oxygens (including phenoxy) is 1. The Hall–Kier alpha value is -1.35. The number of rotatable bonds is 6. The second kappa shape index (κ2) is 7.01. The summed E-state index contributed by atoms with van der Waals surface area (Å²) < 4.78 is 18.8. The fourth-order valence-corrected chi connectivity index (χ4v) is 1.25. The van der Waals surface area contributed by atoms with Crippen LogP contribution < -0.4 is 4.74 Å². The molecule has 1 aromatic carbocycles. The average molecular weight is 224 g/mol. The van der Waals surface area contributed by atoms with Gasteiger partial charge in [0, 0.05) is 0 Å². The van der Waals surface area contributed by atoms with Gasteiger partial charge >= 0.3 is 0 Å². The Morgan fingerprint density at radius 2 is 2.25 bits per heavy atom. The Morgan fingerprint density at radius 1 is 1.44 bits per heavy atom. The minimum absolute atomic E-state index is 0.0453. The molecule has 1 rings (SSSR count). The number of benzene rings is 1. The van der Waals surface area contributed by atoms with Crippen LogP contribution in [0.5, 0.6) is 5.75 Å². The summed E-state index contributed by atoms with van der Waals surface area (Å²) in [7, 11) is 0. The SMILES string of the molecule is CCCCOc1ccc(C=CCO)cc1F. The predicted molar refractivity (Wildman–Crippen MR) is 62.9 cm³/mol.